The molecular formula is C20H34O. The van der Waals surface area contributed by atoms with Crippen LogP contribution in [0.4, 0.5) is 0 Å². The number of carbonyl (C=O) groups excluding carboxylic acids is 1. The van der Waals surface area contributed by atoms with Crippen LogP contribution in [0, 0.1) is 11.3 Å². The van der Waals surface area contributed by atoms with Crippen LogP contribution in [0.5, 0.6) is 0 Å². The molecule has 0 aliphatic carbocycles. The molecule has 0 aliphatic heterocycles. The number of hydrogen-bond acceptors (Lipinski definition) is 1. The second kappa shape index (κ2) is 11.5. The minimum absolute atomic E-state index is 0.318. The van der Waals surface area contributed by atoms with E-state index in [0.717, 1.165) is 38.5 Å². The predicted octanol–water partition coefficient (Wildman–Crippen LogP) is 6.27. The summed E-state index contributed by atoms with van der Waals surface area (Å²) in [5.41, 5.74) is -0.318. The van der Waals surface area contributed by atoms with E-state index >= 15 is 0 Å². The van der Waals surface area contributed by atoms with Crippen LogP contribution in [0.25, 0.3) is 0 Å². The Morgan fingerprint density at radius 1 is 1.19 bits per heavy atom. The molecule has 0 aromatic carbocycles. The summed E-state index contributed by atoms with van der Waals surface area (Å²) in [6.07, 6.45) is 17.8. The summed E-state index contributed by atoms with van der Waals surface area (Å²) in [7, 11) is 0. The molecule has 0 aromatic rings. The minimum atomic E-state index is -0.318. The number of hydrogen-bond donors (Lipinski definition) is 0. The maximum atomic E-state index is 12.1. The molecule has 0 amide bonds. The van der Waals surface area contributed by atoms with Gasteiger partial charge in [0.2, 0.25) is 0 Å². The van der Waals surface area contributed by atoms with Crippen LogP contribution in [-0.2, 0) is 4.79 Å². The zero-order chi connectivity index (χ0) is 16.1. The van der Waals surface area contributed by atoms with Gasteiger partial charge in [-0.1, -0.05) is 50.6 Å². The summed E-state index contributed by atoms with van der Waals surface area (Å²) in [4.78, 5) is 12.1. The largest absolute Gasteiger partial charge is 0.299 e. The van der Waals surface area contributed by atoms with E-state index in [2.05, 4.69) is 44.7 Å². The fourth-order valence-electron chi connectivity index (χ4n) is 2.21. The molecule has 21 heavy (non-hydrogen) atoms. The predicted molar refractivity (Wildman–Crippen MR) is 94.4 cm³/mol. The van der Waals surface area contributed by atoms with Crippen molar-refractivity contribution in [2.24, 2.45) is 11.3 Å². The van der Waals surface area contributed by atoms with E-state index in [1.807, 2.05) is 19.9 Å². The first-order chi connectivity index (χ1) is 9.97. The number of Topliss-reactive ketones (excluding diaryl/α,β-unsaturated/α-hetero) is 1. The Morgan fingerprint density at radius 3 is 2.48 bits per heavy atom. The second-order valence-corrected chi connectivity index (χ2v) is 6.34. The maximum Gasteiger partial charge on any atom is 0.142 e. The van der Waals surface area contributed by atoms with Gasteiger partial charge in [0.1, 0.15) is 5.78 Å². The third-order valence-electron chi connectivity index (χ3n) is 3.89. The Morgan fingerprint density at radius 2 is 1.90 bits per heavy atom. The molecule has 0 rings (SSSR count). The Kier molecular flexibility index (Phi) is 10.9. The summed E-state index contributed by atoms with van der Waals surface area (Å²) in [6.45, 7) is 12.2. The van der Waals surface area contributed by atoms with E-state index in [0.29, 0.717) is 18.1 Å². The van der Waals surface area contributed by atoms with Gasteiger partial charge < -0.3 is 0 Å². The van der Waals surface area contributed by atoms with Gasteiger partial charge in [0, 0.05) is 11.8 Å². The number of rotatable bonds is 12. The number of allylic oxidation sites excluding steroid dienone is 5. The number of carbonyl (C=O) groups is 1. The summed E-state index contributed by atoms with van der Waals surface area (Å²) >= 11 is 0. The monoisotopic (exact) mass is 290 g/mol. The molecule has 120 valence electrons. The highest BCUT2D eigenvalue weighted by Gasteiger charge is 2.22. The highest BCUT2D eigenvalue weighted by atomic mass is 16.1. The van der Waals surface area contributed by atoms with Crippen molar-refractivity contribution >= 4 is 5.78 Å². The Bertz CT molecular complexity index is 347. The van der Waals surface area contributed by atoms with Crippen molar-refractivity contribution in [2.75, 3.05) is 0 Å². The van der Waals surface area contributed by atoms with Crippen molar-refractivity contribution in [2.45, 2.75) is 72.6 Å². The van der Waals surface area contributed by atoms with Crippen molar-refractivity contribution < 1.29 is 4.79 Å². The van der Waals surface area contributed by atoms with Crippen molar-refractivity contribution in [3.63, 3.8) is 0 Å². The standard InChI is InChI=1S/C20H34O/c1-6-9-11-14-18(8-3)15-12-13-17-20(4,5)19(21)16-10-7-2/h8-9,11,13,17-18H,3,6-7,10,12,14-16H2,1-2,4-5H3. The molecule has 0 spiro atoms. The molecule has 0 aromatic heterocycles. The number of unbranched alkanes of at least 4 members (excludes halogenated alkanes) is 1. The first kappa shape index (κ1) is 19.9. The molecule has 1 unspecified atom stereocenters. The quantitative estimate of drug-likeness (QED) is 0.387. The van der Waals surface area contributed by atoms with Gasteiger partial charge in [-0.2, -0.15) is 0 Å². The fourth-order valence-corrected chi connectivity index (χ4v) is 2.21. The van der Waals surface area contributed by atoms with Crippen LogP contribution < -0.4 is 0 Å². The smallest absolute Gasteiger partial charge is 0.142 e. The van der Waals surface area contributed by atoms with Gasteiger partial charge in [-0.05, 0) is 51.9 Å². The van der Waals surface area contributed by atoms with Crippen LogP contribution in [0.2, 0.25) is 0 Å². The molecule has 0 N–H and O–H groups in total. The molecule has 0 radical (unpaired) electrons. The molecule has 1 atom stereocenters. The Hall–Kier alpha value is -1.11. The summed E-state index contributed by atoms with van der Waals surface area (Å²) in [6, 6.07) is 0. The molecule has 0 saturated carbocycles. The third kappa shape index (κ3) is 9.44. The molecule has 0 aliphatic rings. The molecule has 0 heterocycles. The lowest BCUT2D eigenvalue weighted by atomic mass is 9.84. The van der Waals surface area contributed by atoms with E-state index in [4.69, 9.17) is 0 Å². The first-order valence-corrected chi connectivity index (χ1v) is 8.46. The van der Waals surface area contributed by atoms with E-state index in [1.165, 1.54) is 0 Å². The lowest BCUT2D eigenvalue weighted by Crippen LogP contribution is -2.21. The van der Waals surface area contributed by atoms with Crippen molar-refractivity contribution in [3.8, 4) is 0 Å². The van der Waals surface area contributed by atoms with Gasteiger partial charge in [0.15, 0.2) is 0 Å². The van der Waals surface area contributed by atoms with E-state index < -0.39 is 0 Å². The van der Waals surface area contributed by atoms with Crippen LogP contribution in [0.3, 0.4) is 0 Å². The van der Waals surface area contributed by atoms with Gasteiger partial charge in [0.25, 0.3) is 0 Å². The van der Waals surface area contributed by atoms with Gasteiger partial charge >= 0.3 is 0 Å². The molecule has 1 heteroatoms. The zero-order valence-corrected chi connectivity index (χ0v) is 14.5. The van der Waals surface area contributed by atoms with Gasteiger partial charge in [0.05, 0.1) is 0 Å². The lowest BCUT2D eigenvalue weighted by Gasteiger charge is -2.18. The SMILES string of the molecule is C=CC(CC=CCC)CCC=CC(C)(C)C(=O)CCCC. The minimum Gasteiger partial charge on any atom is -0.299 e. The molecular weight excluding hydrogens is 256 g/mol. The third-order valence-corrected chi connectivity index (χ3v) is 3.89. The normalized spacial score (nSPS) is 13.9. The van der Waals surface area contributed by atoms with Crippen molar-refractivity contribution in [3.05, 3.63) is 37.0 Å². The molecule has 0 saturated heterocycles. The lowest BCUT2D eigenvalue weighted by molar-refractivity contribution is -0.125. The van der Waals surface area contributed by atoms with Gasteiger partial charge in [-0.25, -0.2) is 0 Å². The van der Waals surface area contributed by atoms with Gasteiger partial charge in [-0.15, -0.1) is 6.58 Å². The summed E-state index contributed by atoms with van der Waals surface area (Å²) in [5, 5.41) is 0. The average Bonchev–Trinajstić information content (AvgIpc) is 2.47. The Balaban J connectivity index is 4.20. The maximum absolute atomic E-state index is 12.1. The fraction of sp³-hybridized carbons (Fsp3) is 0.650. The van der Waals surface area contributed by atoms with E-state index in [9.17, 15) is 4.79 Å². The highest BCUT2D eigenvalue weighted by molar-refractivity contribution is 5.85. The van der Waals surface area contributed by atoms with Crippen LogP contribution >= 0.6 is 0 Å². The van der Waals surface area contributed by atoms with Crippen molar-refractivity contribution in [1.82, 2.24) is 0 Å². The van der Waals surface area contributed by atoms with E-state index in [1.54, 1.807) is 0 Å². The topological polar surface area (TPSA) is 17.1 Å². The number of ketones is 1. The van der Waals surface area contributed by atoms with Crippen molar-refractivity contribution in [1.29, 1.82) is 0 Å². The molecule has 0 fully saturated rings. The van der Waals surface area contributed by atoms with Crippen LogP contribution in [0.1, 0.15) is 72.6 Å². The van der Waals surface area contributed by atoms with Crippen LogP contribution in [-0.4, -0.2) is 5.78 Å². The summed E-state index contributed by atoms with van der Waals surface area (Å²) in [5.74, 6) is 0.892. The zero-order valence-electron chi connectivity index (χ0n) is 14.5. The van der Waals surface area contributed by atoms with Crippen LogP contribution in [0.15, 0.2) is 37.0 Å². The average molecular weight is 290 g/mol. The molecule has 1 nitrogen and oxygen atoms in total. The van der Waals surface area contributed by atoms with E-state index in [-0.39, 0.29) is 5.41 Å². The molecule has 0 bridgehead atoms. The second-order valence-electron chi connectivity index (χ2n) is 6.34. The first-order valence-electron chi connectivity index (χ1n) is 8.46. The highest BCUT2D eigenvalue weighted by Crippen LogP contribution is 2.23. The Labute approximate surface area is 132 Å². The van der Waals surface area contributed by atoms with Gasteiger partial charge in [-0.3, -0.25) is 4.79 Å². The summed E-state index contributed by atoms with van der Waals surface area (Å²) < 4.78 is 0.